The molecule has 0 aromatic heterocycles. The second-order valence-corrected chi connectivity index (χ2v) is 32.6. The fourth-order valence-corrected chi connectivity index (χ4v) is 15.8. The minimum absolute atomic E-state index is 0.0127. The zero-order valence-electron chi connectivity index (χ0n) is 72.8. The lowest BCUT2D eigenvalue weighted by Gasteiger charge is -2.40. The molecule has 1 saturated carbocycles. The van der Waals surface area contributed by atoms with Gasteiger partial charge in [-0.3, -0.25) is 57.9 Å². The van der Waals surface area contributed by atoms with Crippen LogP contribution in [0.4, 0.5) is 5.69 Å². The van der Waals surface area contributed by atoms with E-state index in [9.17, 15) is 43.2 Å². The molecule has 5 aliphatic rings. The number of aliphatic imine (C=N–C) groups is 1. The Labute approximate surface area is 736 Å². The SMILES string of the molecule is CCCCCCCCCCCC(=O)NC(CCCCNC(=O)CCOCCOCCOCCOCCOCCOCCOCCOCCOCCOCCOCCOCCNC(=O)CCN1C(=O)CC(SCCNC(=O)CN2CCN(CCNC(=O)[C@@H]3CCCCC3C(=O)N3CCN(C4=Nc5ccccc5Oc5ccc(Cl)cc54)CC3)CC2)C1=O)C(N)=O. The van der Waals surface area contributed by atoms with Crippen molar-refractivity contribution >= 4 is 88.1 Å². The second kappa shape index (κ2) is 64.9. The molecule has 4 heterocycles. The number of amidine groups is 1. The molecule has 7 rings (SSSR count). The number of fused-ring (bicyclic) bond motifs is 2. The van der Waals surface area contributed by atoms with Crippen molar-refractivity contribution in [3.05, 3.63) is 53.1 Å². The Morgan fingerprint density at radius 1 is 0.504 bits per heavy atom. The monoisotopic (exact) mass is 1770 g/mol. The van der Waals surface area contributed by atoms with Gasteiger partial charge in [-0.25, -0.2) is 4.99 Å². The minimum Gasteiger partial charge on any atom is -0.454 e. The Morgan fingerprint density at radius 2 is 1.02 bits per heavy atom. The number of para-hydroxylation sites is 2. The van der Waals surface area contributed by atoms with Gasteiger partial charge in [-0.05, 0) is 68.9 Å². The topological polar surface area (TPSA) is 388 Å². The number of carbonyl (C=O) groups excluding carboxylic acids is 9. The maximum atomic E-state index is 14.2. The smallest absolute Gasteiger partial charge is 0.242 e. The van der Waals surface area contributed by atoms with Crippen molar-refractivity contribution in [2.45, 2.75) is 147 Å². The second-order valence-electron chi connectivity index (χ2n) is 30.8. The Bertz CT molecular complexity index is 3380. The third-order valence-corrected chi connectivity index (χ3v) is 22.9. The summed E-state index contributed by atoms with van der Waals surface area (Å²) in [5.41, 5.74) is 7.06. The van der Waals surface area contributed by atoms with E-state index in [4.69, 9.17) is 83.9 Å². The summed E-state index contributed by atoms with van der Waals surface area (Å²) in [5.74, 6) is -0.0922. The summed E-state index contributed by atoms with van der Waals surface area (Å²) in [4.78, 5) is 130. The number of nitrogens with one attached hydrogen (secondary N) is 5. The van der Waals surface area contributed by atoms with Crippen LogP contribution in [0.1, 0.15) is 141 Å². The first-order valence-electron chi connectivity index (χ1n) is 44.9. The van der Waals surface area contributed by atoms with Gasteiger partial charge in [0.1, 0.15) is 23.3 Å². The van der Waals surface area contributed by atoms with E-state index in [0.29, 0.717) is 272 Å². The summed E-state index contributed by atoms with van der Waals surface area (Å²) < 4.78 is 72.7. The van der Waals surface area contributed by atoms with Gasteiger partial charge in [0.15, 0.2) is 5.75 Å². The number of primary amides is 1. The average molecular weight is 1770 g/mol. The van der Waals surface area contributed by atoms with Gasteiger partial charge in [0.2, 0.25) is 53.2 Å². The zero-order chi connectivity index (χ0) is 87.4. The van der Waals surface area contributed by atoms with E-state index in [1.165, 1.54) is 50.3 Å². The number of thioether (sulfide) groups is 1. The van der Waals surface area contributed by atoms with Gasteiger partial charge in [0.25, 0.3) is 0 Å². The zero-order valence-corrected chi connectivity index (χ0v) is 74.4. The molecule has 123 heavy (non-hydrogen) atoms. The molecule has 0 radical (unpaired) electrons. The predicted octanol–water partition coefficient (Wildman–Crippen LogP) is 5.46. The predicted molar refractivity (Wildman–Crippen MR) is 466 cm³/mol. The number of hydrogen-bond acceptors (Lipinski definition) is 27. The molecule has 7 N–H and O–H groups in total. The first-order chi connectivity index (χ1) is 60.2. The minimum atomic E-state index is -0.700. The molecule has 2 aromatic carbocycles. The maximum Gasteiger partial charge on any atom is 0.242 e. The summed E-state index contributed by atoms with van der Waals surface area (Å²) in [5, 5.41) is 14.5. The van der Waals surface area contributed by atoms with E-state index in [2.05, 4.69) is 48.2 Å². The molecule has 34 nitrogen and oxygen atoms in total. The molecule has 0 bridgehead atoms. The maximum absolute atomic E-state index is 14.2. The van der Waals surface area contributed by atoms with Gasteiger partial charge in [0, 0.05) is 140 Å². The highest BCUT2D eigenvalue weighted by Gasteiger charge is 2.41. The number of benzene rings is 2. The Balaban J connectivity index is 0.542. The van der Waals surface area contributed by atoms with Crippen LogP contribution < -0.4 is 37.1 Å². The van der Waals surface area contributed by atoms with Crippen LogP contribution in [0, 0.1) is 11.8 Å². The number of hydrogen-bond donors (Lipinski definition) is 6. The molecule has 4 fully saturated rings. The number of carbonyl (C=O) groups is 9. The van der Waals surface area contributed by atoms with Crippen LogP contribution in [0.5, 0.6) is 11.5 Å². The average Bonchev–Trinajstić information content (AvgIpc) is 1.70. The fourth-order valence-electron chi connectivity index (χ4n) is 14.5. The van der Waals surface area contributed by atoms with Crippen LogP contribution >= 0.6 is 23.4 Å². The van der Waals surface area contributed by atoms with Crippen LogP contribution in [0.2, 0.25) is 5.02 Å². The molecule has 3 unspecified atom stereocenters. The van der Waals surface area contributed by atoms with Gasteiger partial charge in [0.05, 0.1) is 176 Å². The van der Waals surface area contributed by atoms with Gasteiger partial charge in [-0.1, -0.05) is 94.9 Å². The van der Waals surface area contributed by atoms with Gasteiger partial charge < -0.3 is 104 Å². The lowest BCUT2D eigenvalue weighted by molar-refractivity contribution is -0.144. The largest absolute Gasteiger partial charge is 0.454 e. The van der Waals surface area contributed by atoms with E-state index >= 15 is 0 Å². The molecule has 36 heteroatoms. The quantitative estimate of drug-likeness (QED) is 0.0354. The van der Waals surface area contributed by atoms with E-state index in [1.54, 1.807) is 6.07 Å². The fraction of sp³-hybridized carbons (Fsp3) is 0.747. The lowest BCUT2D eigenvalue weighted by atomic mass is 9.77. The van der Waals surface area contributed by atoms with Crippen molar-refractivity contribution in [1.82, 2.24) is 51.1 Å². The third kappa shape index (κ3) is 44.0. The van der Waals surface area contributed by atoms with Crippen LogP contribution in [-0.4, -0.2) is 357 Å². The molecule has 9 amide bonds. The van der Waals surface area contributed by atoms with E-state index in [-0.39, 0.29) is 111 Å². The van der Waals surface area contributed by atoms with Gasteiger partial charge >= 0.3 is 0 Å². The number of likely N-dealkylation sites (tertiary alicyclic amines) is 1. The third-order valence-electron chi connectivity index (χ3n) is 21.4. The number of halogens is 1. The Kier molecular flexibility index (Phi) is 54.5. The normalized spacial score (nSPS) is 17.1. The van der Waals surface area contributed by atoms with Gasteiger partial charge in [-0.15, -0.1) is 11.8 Å². The first-order valence-corrected chi connectivity index (χ1v) is 46.3. The number of nitrogens with zero attached hydrogens (tertiary/aromatic N) is 6. The van der Waals surface area contributed by atoms with E-state index < -0.39 is 17.2 Å². The standard InChI is InChI=1S/C87H141ClN12O22S/c1-2-3-4-5-6-7-8-9-10-22-80(103)94-74(83(89)106)20-15-16-27-90-79(102)26-41-110-43-45-112-47-49-114-51-53-116-55-57-118-59-61-120-63-64-121-62-60-119-58-56-117-54-52-115-50-48-113-46-44-111-42-29-91-78(101)25-31-100-82(105)67-77(87(100)109)123-65-30-92-81(104)68-97-35-33-96(34-36-97)32-28-93-85(107)70-17-11-12-18-71(70)86(108)99-39-37-98(38-40-99)84-72-66-69(88)23-24-75(72)122-76-21-14-13-19-73(76)95-84/h13-14,19,21,23-24,66,70-71,74,77H,2-12,15-18,20,22,25-65,67-68H2,1H3,(H2,89,106)(H,90,102)(H,91,101)(H,92,104)(H,93,107)(H,94,103)/t70-,71?,74?,77?/m1/s1. The summed E-state index contributed by atoms with van der Waals surface area (Å²) in [6.07, 6.45) is 16.1. The number of rotatable bonds is 70. The number of unbranched alkanes of at least 4 members (excludes halogenated alkanes) is 9. The van der Waals surface area contributed by atoms with E-state index in [0.717, 1.165) is 67.2 Å². The number of amides is 9. The summed E-state index contributed by atoms with van der Waals surface area (Å²) in [6, 6.07) is 12.5. The van der Waals surface area contributed by atoms with Crippen molar-refractivity contribution < 1.29 is 105 Å². The van der Waals surface area contributed by atoms with Crippen molar-refractivity contribution in [1.29, 1.82) is 0 Å². The number of nitrogens with two attached hydrogens (primary N) is 1. The van der Waals surface area contributed by atoms with Crippen molar-refractivity contribution in [2.24, 2.45) is 22.6 Å². The van der Waals surface area contributed by atoms with Gasteiger partial charge in [-0.2, -0.15) is 0 Å². The summed E-state index contributed by atoms with van der Waals surface area (Å²) >= 11 is 7.79. The molecule has 0 spiro atoms. The molecule has 694 valence electrons. The number of imide groups is 1. The highest BCUT2D eigenvalue weighted by Crippen LogP contribution is 2.40. The van der Waals surface area contributed by atoms with Crippen LogP contribution in [0.25, 0.3) is 0 Å². The van der Waals surface area contributed by atoms with Crippen molar-refractivity contribution in [3.63, 3.8) is 0 Å². The molecular formula is C87H141ClN12O22S. The van der Waals surface area contributed by atoms with Crippen molar-refractivity contribution in [2.75, 3.05) is 262 Å². The van der Waals surface area contributed by atoms with Crippen LogP contribution in [0.15, 0.2) is 47.5 Å². The van der Waals surface area contributed by atoms with Crippen LogP contribution in [-0.2, 0) is 100.0 Å². The molecule has 1 aliphatic carbocycles. The molecule has 2 aromatic rings. The molecule has 3 saturated heterocycles. The number of piperazine rings is 2. The van der Waals surface area contributed by atoms with Crippen LogP contribution in [0.3, 0.4) is 0 Å². The molecular weight excluding hydrogens is 1630 g/mol. The first kappa shape index (κ1) is 103. The molecule has 4 atom stereocenters. The summed E-state index contributed by atoms with van der Waals surface area (Å²) in [7, 11) is 0. The lowest BCUT2D eigenvalue weighted by Crippen LogP contribution is -2.54. The highest BCUT2D eigenvalue weighted by atomic mass is 35.5. The number of ether oxygens (including phenoxy) is 13. The van der Waals surface area contributed by atoms with Crippen molar-refractivity contribution in [3.8, 4) is 11.5 Å². The highest BCUT2D eigenvalue weighted by molar-refractivity contribution is 8.00. The summed E-state index contributed by atoms with van der Waals surface area (Å²) in [6.45, 7) is 19.4. The Morgan fingerprint density at radius 3 is 1.59 bits per heavy atom. The molecule has 4 aliphatic heterocycles. The Hall–Kier alpha value is -6.78. The van der Waals surface area contributed by atoms with E-state index in [1.807, 2.05) is 41.3 Å².